The molecular formula is C17H11Cl2N3S. The van der Waals surface area contributed by atoms with Gasteiger partial charge in [0.1, 0.15) is 0 Å². The average molecular weight is 360 g/mol. The average Bonchev–Trinajstić information content (AvgIpc) is 2.96. The Morgan fingerprint density at radius 2 is 1.83 bits per heavy atom. The highest BCUT2D eigenvalue weighted by Gasteiger charge is 2.11. The Bertz CT molecular complexity index is 1010. The summed E-state index contributed by atoms with van der Waals surface area (Å²) in [5, 5.41) is 12.7. The maximum atomic E-state index is 6.15. The number of fused-ring (bicyclic) bond motifs is 2. The molecule has 0 unspecified atom stereocenters. The van der Waals surface area contributed by atoms with Crippen LogP contribution in [0.25, 0.3) is 16.4 Å². The minimum Gasteiger partial charge on any atom is -0.275 e. The second kappa shape index (κ2) is 6.04. The minimum atomic E-state index is 0.502. The molecule has 4 rings (SSSR count). The van der Waals surface area contributed by atoms with Gasteiger partial charge in [0.05, 0.1) is 10.0 Å². The molecular weight excluding hydrogens is 349 g/mol. The lowest BCUT2D eigenvalue weighted by molar-refractivity contribution is 0.921. The third-order valence-electron chi connectivity index (χ3n) is 3.63. The fourth-order valence-corrected chi connectivity index (χ4v) is 3.98. The highest BCUT2D eigenvalue weighted by Crippen LogP contribution is 2.29. The molecule has 0 atom stereocenters. The van der Waals surface area contributed by atoms with Crippen LogP contribution in [0.1, 0.15) is 5.56 Å². The number of benzene rings is 2. The smallest absolute Gasteiger partial charge is 0.196 e. The summed E-state index contributed by atoms with van der Waals surface area (Å²) in [6, 6.07) is 16.4. The molecule has 3 nitrogen and oxygen atoms in total. The van der Waals surface area contributed by atoms with Gasteiger partial charge in [-0.05, 0) is 22.4 Å². The first-order valence-electron chi connectivity index (χ1n) is 7.01. The molecule has 6 heteroatoms. The minimum absolute atomic E-state index is 0.502. The number of thioether (sulfide) groups is 1. The molecule has 2 aromatic heterocycles. The number of nitrogens with zero attached hydrogens (tertiary/aromatic N) is 3. The molecule has 0 saturated heterocycles. The fourth-order valence-electron chi connectivity index (χ4n) is 2.56. The van der Waals surface area contributed by atoms with E-state index >= 15 is 0 Å². The van der Waals surface area contributed by atoms with Crippen LogP contribution in [0.3, 0.4) is 0 Å². The van der Waals surface area contributed by atoms with Gasteiger partial charge in [-0.1, -0.05) is 77.4 Å². The number of pyridine rings is 1. The van der Waals surface area contributed by atoms with Crippen LogP contribution in [0.5, 0.6) is 0 Å². The summed E-state index contributed by atoms with van der Waals surface area (Å²) in [6.07, 6.45) is 1.79. The topological polar surface area (TPSA) is 30.2 Å². The first-order valence-corrected chi connectivity index (χ1v) is 8.76. The first-order chi connectivity index (χ1) is 11.2. The zero-order valence-corrected chi connectivity index (χ0v) is 14.2. The Labute approximate surface area is 147 Å². The predicted molar refractivity (Wildman–Crippen MR) is 96.5 cm³/mol. The third kappa shape index (κ3) is 2.78. The van der Waals surface area contributed by atoms with Gasteiger partial charge in [-0.2, -0.15) is 0 Å². The molecule has 2 heterocycles. The number of hydrogen-bond acceptors (Lipinski definition) is 3. The lowest BCUT2D eigenvalue weighted by Gasteiger charge is -2.06. The van der Waals surface area contributed by atoms with Gasteiger partial charge >= 0.3 is 0 Å². The lowest BCUT2D eigenvalue weighted by atomic mass is 10.1. The van der Waals surface area contributed by atoms with Crippen molar-refractivity contribution in [1.29, 1.82) is 0 Å². The lowest BCUT2D eigenvalue weighted by Crippen LogP contribution is -1.90. The standard InChI is InChI=1S/C17H11Cl2N3S/c18-13-8-15(19)16-20-21-17(22(16)9-13)23-10-12-6-3-5-11-4-1-2-7-14(11)12/h1-9H,10H2. The van der Waals surface area contributed by atoms with E-state index in [1.807, 2.05) is 4.40 Å². The monoisotopic (exact) mass is 359 g/mol. The van der Waals surface area contributed by atoms with Gasteiger partial charge < -0.3 is 0 Å². The van der Waals surface area contributed by atoms with Crippen LogP contribution in [-0.4, -0.2) is 14.6 Å². The predicted octanol–water partition coefficient (Wildman–Crippen LogP) is 5.48. The molecule has 0 spiro atoms. The highest BCUT2D eigenvalue weighted by molar-refractivity contribution is 7.98. The van der Waals surface area contributed by atoms with Crippen molar-refractivity contribution in [2.24, 2.45) is 0 Å². The second-order valence-electron chi connectivity index (χ2n) is 5.11. The SMILES string of the molecule is Clc1cc(Cl)c2nnc(SCc3cccc4ccccc34)n2c1. The van der Waals surface area contributed by atoms with E-state index in [2.05, 4.69) is 52.7 Å². The van der Waals surface area contributed by atoms with Crippen molar-refractivity contribution in [3.8, 4) is 0 Å². The van der Waals surface area contributed by atoms with Gasteiger partial charge in [0.25, 0.3) is 0 Å². The second-order valence-corrected chi connectivity index (χ2v) is 6.90. The zero-order chi connectivity index (χ0) is 15.8. The number of rotatable bonds is 3. The molecule has 2 aromatic carbocycles. The molecule has 0 fully saturated rings. The normalized spacial score (nSPS) is 11.4. The van der Waals surface area contributed by atoms with Crippen molar-refractivity contribution in [3.05, 3.63) is 70.3 Å². The van der Waals surface area contributed by atoms with Crippen molar-refractivity contribution in [3.63, 3.8) is 0 Å². The van der Waals surface area contributed by atoms with Crippen LogP contribution in [0.15, 0.2) is 59.9 Å². The molecule has 4 aromatic rings. The van der Waals surface area contributed by atoms with Crippen molar-refractivity contribution in [2.45, 2.75) is 10.9 Å². The van der Waals surface area contributed by atoms with E-state index in [-0.39, 0.29) is 0 Å². The summed E-state index contributed by atoms with van der Waals surface area (Å²) in [4.78, 5) is 0. The van der Waals surface area contributed by atoms with Crippen LogP contribution in [0, 0.1) is 0 Å². The van der Waals surface area contributed by atoms with E-state index in [1.54, 1.807) is 24.0 Å². The Morgan fingerprint density at radius 3 is 2.74 bits per heavy atom. The fraction of sp³-hybridized carbons (Fsp3) is 0.0588. The maximum Gasteiger partial charge on any atom is 0.196 e. The Morgan fingerprint density at radius 1 is 1.00 bits per heavy atom. The van der Waals surface area contributed by atoms with Gasteiger partial charge in [-0.3, -0.25) is 4.40 Å². The van der Waals surface area contributed by atoms with E-state index in [1.165, 1.54) is 16.3 Å². The van der Waals surface area contributed by atoms with Gasteiger partial charge in [0, 0.05) is 11.9 Å². The summed E-state index contributed by atoms with van der Waals surface area (Å²) >= 11 is 13.8. The highest BCUT2D eigenvalue weighted by atomic mass is 35.5. The van der Waals surface area contributed by atoms with E-state index in [4.69, 9.17) is 23.2 Å². The number of hydrogen-bond donors (Lipinski definition) is 0. The molecule has 0 saturated carbocycles. The molecule has 23 heavy (non-hydrogen) atoms. The Kier molecular flexibility index (Phi) is 3.89. The third-order valence-corrected chi connectivity index (χ3v) is 5.11. The molecule has 0 amide bonds. The number of aromatic nitrogens is 3. The summed E-state index contributed by atoms with van der Waals surface area (Å²) < 4.78 is 1.83. The number of halogens is 2. The van der Waals surface area contributed by atoms with Gasteiger partial charge in [0.2, 0.25) is 0 Å². The molecule has 0 radical (unpaired) electrons. The summed E-state index contributed by atoms with van der Waals surface area (Å²) in [7, 11) is 0. The van der Waals surface area contributed by atoms with Crippen molar-refractivity contribution in [2.75, 3.05) is 0 Å². The molecule has 0 aliphatic carbocycles. The summed E-state index contributed by atoms with van der Waals surface area (Å²) in [5.41, 5.74) is 1.88. The maximum absolute atomic E-state index is 6.15. The molecule has 0 N–H and O–H groups in total. The van der Waals surface area contributed by atoms with Crippen molar-refractivity contribution >= 4 is 51.4 Å². The van der Waals surface area contributed by atoms with E-state index < -0.39 is 0 Å². The van der Waals surface area contributed by atoms with Crippen LogP contribution < -0.4 is 0 Å². The van der Waals surface area contributed by atoms with Gasteiger partial charge in [-0.25, -0.2) is 0 Å². The van der Waals surface area contributed by atoms with Crippen molar-refractivity contribution in [1.82, 2.24) is 14.6 Å². The largest absolute Gasteiger partial charge is 0.275 e. The quantitative estimate of drug-likeness (QED) is 0.453. The van der Waals surface area contributed by atoms with Gasteiger partial charge in [0.15, 0.2) is 10.8 Å². The molecule has 0 aliphatic heterocycles. The van der Waals surface area contributed by atoms with Gasteiger partial charge in [-0.15, -0.1) is 10.2 Å². The van der Waals surface area contributed by atoms with Crippen LogP contribution >= 0.6 is 35.0 Å². The van der Waals surface area contributed by atoms with Crippen LogP contribution in [0.4, 0.5) is 0 Å². The summed E-state index contributed by atoms with van der Waals surface area (Å²) in [5.74, 6) is 0.798. The van der Waals surface area contributed by atoms with E-state index in [0.29, 0.717) is 15.7 Å². The van der Waals surface area contributed by atoms with E-state index in [0.717, 1.165) is 10.9 Å². The van der Waals surface area contributed by atoms with Crippen LogP contribution in [0.2, 0.25) is 10.0 Å². The Balaban J connectivity index is 1.69. The van der Waals surface area contributed by atoms with E-state index in [9.17, 15) is 0 Å². The van der Waals surface area contributed by atoms with Crippen molar-refractivity contribution < 1.29 is 0 Å². The zero-order valence-electron chi connectivity index (χ0n) is 11.9. The molecule has 0 aliphatic rings. The Hall–Kier alpha value is -1.75. The summed E-state index contributed by atoms with van der Waals surface area (Å²) in [6.45, 7) is 0. The molecule has 0 bridgehead atoms. The molecule has 114 valence electrons. The first kappa shape index (κ1) is 14.8. The van der Waals surface area contributed by atoms with Crippen LogP contribution in [-0.2, 0) is 5.75 Å².